The zero-order chi connectivity index (χ0) is 14.5. The average molecular weight is 272 g/mol. The molecule has 0 spiro atoms. The molecule has 0 N–H and O–H groups in total. The predicted molar refractivity (Wildman–Crippen MR) is 78.2 cm³/mol. The van der Waals surface area contributed by atoms with E-state index in [1.165, 1.54) is 5.56 Å². The Bertz CT molecular complexity index is 461. The molecule has 20 heavy (non-hydrogen) atoms. The summed E-state index contributed by atoms with van der Waals surface area (Å²) in [5.41, 5.74) is 1.32. The van der Waals surface area contributed by atoms with Crippen LogP contribution in [0.15, 0.2) is 40.3 Å². The minimum Gasteiger partial charge on any atom is -0.211 e. The van der Waals surface area contributed by atoms with Gasteiger partial charge in [-0.05, 0) is 37.2 Å². The lowest BCUT2D eigenvalue weighted by molar-refractivity contribution is 0.522. The molecule has 0 bridgehead atoms. The molecule has 0 heterocycles. The third-order valence-electron chi connectivity index (χ3n) is 3.30. The van der Waals surface area contributed by atoms with Crippen LogP contribution >= 0.6 is 0 Å². The van der Waals surface area contributed by atoms with Crippen LogP contribution < -0.4 is 0 Å². The highest BCUT2D eigenvalue weighted by Gasteiger charge is 2.10. The molecule has 1 rings (SSSR count). The van der Waals surface area contributed by atoms with E-state index in [0.717, 1.165) is 32.1 Å². The molecule has 0 saturated carbocycles. The Morgan fingerprint density at radius 2 is 1.45 bits per heavy atom. The van der Waals surface area contributed by atoms with Crippen molar-refractivity contribution >= 4 is 12.2 Å². The van der Waals surface area contributed by atoms with Gasteiger partial charge in [0.25, 0.3) is 0 Å². The Morgan fingerprint density at radius 1 is 0.850 bits per heavy atom. The summed E-state index contributed by atoms with van der Waals surface area (Å²) in [6, 6.07) is 10.4. The summed E-state index contributed by atoms with van der Waals surface area (Å²) in [4.78, 5) is 27.2. The van der Waals surface area contributed by atoms with Gasteiger partial charge in [-0.25, -0.2) is 19.6 Å². The van der Waals surface area contributed by atoms with Crippen LogP contribution in [0.2, 0.25) is 0 Å². The highest BCUT2D eigenvalue weighted by molar-refractivity contribution is 5.33. The van der Waals surface area contributed by atoms with E-state index in [1.54, 1.807) is 12.2 Å². The number of benzene rings is 1. The van der Waals surface area contributed by atoms with Gasteiger partial charge in [-0.1, -0.05) is 36.8 Å². The first-order valence-electron chi connectivity index (χ1n) is 7.00. The van der Waals surface area contributed by atoms with Gasteiger partial charge >= 0.3 is 0 Å². The van der Waals surface area contributed by atoms with Gasteiger partial charge < -0.3 is 0 Å². The summed E-state index contributed by atoms with van der Waals surface area (Å²) >= 11 is 0. The maximum Gasteiger partial charge on any atom is 0.234 e. The molecule has 0 saturated heterocycles. The van der Waals surface area contributed by atoms with Crippen LogP contribution in [0.4, 0.5) is 0 Å². The van der Waals surface area contributed by atoms with E-state index < -0.39 is 0 Å². The molecular weight excluding hydrogens is 252 g/mol. The molecule has 1 atom stereocenters. The summed E-state index contributed by atoms with van der Waals surface area (Å²) in [7, 11) is 0. The maximum absolute atomic E-state index is 10.1. The normalized spacial score (nSPS) is 11.2. The van der Waals surface area contributed by atoms with Gasteiger partial charge in [-0.3, -0.25) is 0 Å². The third-order valence-corrected chi connectivity index (χ3v) is 3.30. The van der Waals surface area contributed by atoms with Crippen LogP contribution in [0.3, 0.4) is 0 Å². The van der Waals surface area contributed by atoms with Crippen molar-refractivity contribution in [1.82, 2.24) is 0 Å². The van der Waals surface area contributed by atoms with Crippen molar-refractivity contribution in [3.05, 3.63) is 35.9 Å². The number of hydrogen-bond acceptors (Lipinski definition) is 4. The summed E-state index contributed by atoms with van der Waals surface area (Å²) in [6.45, 7) is 1.10. The Labute approximate surface area is 119 Å². The van der Waals surface area contributed by atoms with Gasteiger partial charge in [0.15, 0.2) is 0 Å². The van der Waals surface area contributed by atoms with E-state index in [2.05, 4.69) is 22.1 Å². The summed E-state index contributed by atoms with van der Waals surface area (Å²) in [5, 5.41) is 0. The van der Waals surface area contributed by atoms with Gasteiger partial charge in [-0.2, -0.15) is 0 Å². The van der Waals surface area contributed by atoms with Crippen LogP contribution in [0.25, 0.3) is 0 Å². The van der Waals surface area contributed by atoms with Crippen molar-refractivity contribution in [3.63, 3.8) is 0 Å². The Morgan fingerprint density at radius 3 is 2.10 bits per heavy atom. The number of unbranched alkanes of at least 4 members (excludes halogenated alkanes) is 1. The van der Waals surface area contributed by atoms with Crippen molar-refractivity contribution in [3.8, 4) is 0 Å². The third kappa shape index (κ3) is 6.79. The highest BCUT2D eigenvalue weighted by Crippen LogP contribution is 2.26. The summed E-state index contributed by atoms with van der Waals surface area (Å²) < 4.78 is 0. The molecule has 1 unspecified atom stereocenters. The zero-order valence-corrected chi connectivity index (χ0v) is 11.6. The molecule has 0 aliphatic heterocycles. The maximum atomic E-state index is 10.1. The van der Waals surface area contributed by atoms with Crippen LogP contribution in [0, 0.1) is 0 Å². The molecular formula is C16H20N2O2. The average Bonchev–Trinajstić information content (AvgIpc) is 2.50. The van der Waals surface area contributed by atoms with E-state index in [9.17, 15) is 9.59 Å². The standard InChI is InChI=1S/C16H20N2O2/c19-13-17-11-5-4-9-16(10-6-12-18-14-20)15-7-2-1-3-8-15/h1-3,7-8,16H,4-6,9-12H2. The lowest BCUT2D eigenvalue weighted by Crippen LogP contribution is -2.01. The van der Waals surface area contributed by atoms with Gasteiger partial charge in [0.1, 0.15) is 0 Å². The quantitative estimate of drug-likeness (QED) is 0.372. The fourth-order valence-corrected chi connectivity index (χ4v) is 2.29. The van der Waals surface area contributed by atoms with Gasteiger partial charge in [0.2, 0.25) is 12.2 Å². The molecule has 106 valence electrons. The molecule has 0 amide bonds. The Hall–Kier alpha value is -2.02. The number of aliphatic imine (C=N–C) groups is 2. The first-order valence-corrected chi connectivity index (χ1v) is 7.00. The summed E-state index contributed by atoms with van der Waals surface area (Å²) in [6.07, 6.45) is 8.03. The molecule has 0 radical (unpaired) electrons. The van der Waals surface area contributed by atoms with Crippen molar-refractivity contribution < 1.29 is 9.59 Å². The fraction of sp³-hybridized carbons (Fsp3) is 0.500. The van der Waals surface area contributed by atoms with E-state index >= 15 is 0 Å². The molecule has 1 aromatic carbocycles. The Kier molecular flexibility index (Phi) is 8.71. The van der Waals surface area contributed by atoms with Crippen molar-refractivity contribution in [2.75, 3.05) is 13.1 Å². The predicted octanol–water partition coefficient (Wildman–Crippen LogP) is 3.39. The SMILES string of the molecule is O=C=NCCCCC(CCCN=C=O)c1ccccc1. The molecule has 0 aliphatic carbocycles. The largest absolute Gasteiger partial charge is 0.234 e. The topological polar surface area (TPSA) is 58.9 Å². The van der Waals surface area contributed by atoms with E-state index in [0.29, 0.717) is 19.0 Å². The van der Waals surface area contributed by atoms with Crippen LogP contribution in [0.5, 0.6) is 0 Å². The van der Waals surface area contributed by atoms with Crippen LogP contribution in [0.1, 0.15) is 43.6 Å². The molecule has 0 aliphatic rings. The number of nitrogens with zero attached hydrogens (tertiary/aromatic N) is 2. The second-order valence-electron chi connectivity index (χ2n) is 4.69. The zero-order valence-electron chi connectivity index (χ0n) is 11.6. The minimum atomic E-state index is 0.471. The number of isocyanates is 2. The smallest absolute Gasteiger partial charge is 0.211 e. The number of rotatable bonds is 10. The van der Waals surface area contributed by atoms with Crippen molar-refractivity contribution in [2.45, 2.75) is 38.0 Å². The van der Waals surface area contributed by atoms with E-state index in [-0.39, 0.29) is 0 Å². The number of hydrogen-bond donors (Lipinski definition) is 0. The Balaban J connectivity index is 2.46. The minimum absolute atomic E-state index is 0.471. The molecule has 4 heteroatoms. The van der Waals surface area contributed by atoms with Crippen molar-refractivity contribution in [1.29, 1.82) is 0 Å². The number of carbonyl (C=O) groups excluding carboxylic acids is 2. The molecule has 1 aromatic rings. The second kappa shape index (κ2) is 10.9. The molecule has 0 aromatic heterocycles. The van der Waals surface area contributed by atoms with Gasteiger partial charge in [0.05, 0.1) is 13.1 Å². The van der Waals surface area contributed by atoms with Crippen LogP contribution in [-0.2, 0) is 9.59 Å². The first-order chi connectivity index (χ1) is 9.88. The summed E-state index contributed by atoms with van der Waals surface area (Å²) in [5.74, 6) is 0.471. The molecule has 4 nitrogen and oxygen atoms in total. The molecule has 0 fully saturated rings. The van der Waals surface area contributed by atoms with Crippen molar-refractivity contribution in [2.24, 2.45) is 9.98 Å². The second-order valence-corrected chi connectivity index (χ2v) is 4.69. The van der Waals surface area contributed by atoms with E-state index in [1.807, 2.05) is 18.2 Å². The highest BCUT2D eigenvalue weighted by atomic mass is 16.1. The fourth-order valence-electron chi connectivity index (χ4n) is 2.29. The van der Waals surface area contributed by atoms with Gasteiger partial charge in [0, 0.05) is 0 Å². The lowest BCUT2D eigenvalue weighted by atomic mass is 9.89. The van der Waals surface area contributed by atoms with E-state index in [4.69, 9.17) is 0 Å². The monoisotopic (exact) mass is 272 g/mol. The lowest BCUT2D eigenvalue weighted by Gasteiger charge is -2.16. The van der Waals surface area contributed by atoms with Crippen LogP contribution in [-0.4, -0.2) is 25.2 Å². The first kappa shape index (κ1) is 16.0. The van der Waals surface area contributed by atoms with Gasteiger partial charge in [-0.15, -0.1) is 0 Å².